The van der Waals surface area contributed by atoms with Crippen molar-refractivity contribution < 1.29 is 14.3 Å². The number of nitrogens with zero attached hydrogens (tertiary/aromatic N) is 4. The summed E-state index contributed by atoms with van der Waals surface area (Å²) in [5.41, 5.74) is 0.987. The summed E-state index contributed by atoms with van der Waals surface area (Å²) < 4.78 is 6.54. The minimum atomic E-state index is -0.652. The quantitative estimate of drug-likeness (QED) is 0.625. The van der Waals surface area contributed by atoms with E-state index in [-0.39, 0.29) is 11.4 Å². The van der Waals surface area contributed by atoms with Gasteiger partial charge in [-0.1, -0.05) is 35.3 Å². The molecule has 0 radical (unpaired) electrons. The van der Waals surface area contributed by atoms with Crippen LogP contribution in [0, 0.1) is 0 Å². The van der Waals surface area contributed by atoms with E-state index in [9.17, 15) is 9.59 Å². The lowest BCUT2D eigenvalue weighted by molar-refractivity contribution is 0.149. The van der Waals surface area contributed by atoms with E-state index in [1.54, 1.807) is 21.0 Å². The van der Waals surface area contributed by atoms with Crippen molar-refractivity contribution in [2.75, 3.05) is 26.5 Å². The molecule has 1 aromatic rings. The van der Waals surface area contributed by atoms with E-state index in [0.717, 1.165) is 21.6 Å². The number of amides is 2. The molecule has 0 unspecified atom stereocenters. The molecule has 0 bridgehead atoms. The van der Waals surface area contributed by atoms with E-state index < -0.39 is 12.1 Å². The van der Waals surface area contributed by atoms with Crippen molar-refractivity contribution in [3.05, 3.63) is 17.0 Å². The van der Waals surface area contributed by atoms with Gasteiger partial charge in [0.1, 0.15) is 0 Å². The van der Waals surface area contributed by atoms with Crippen molar-refractivity contribution in [3.8, 4) is 0 Å². The van der Waals surface area contributed by atoms with Gasteiger partial charge < -0.3 is 9.64 Å². The minimum Gasteiger partial charge on any atom is -0.448 e. The van der Waals surface area contributed by atoms with Gasteiger partial charge in [-0.2, -0.15) is 4.99 Å². The summed E-state index contributed by atoms with van der Waals surface area (Å²) in [6.45, 7) is 7.63. The summed E-state index contributed by atoms with van der Waals surface area (Å²) in [6.07, 6.45) is -0.652. The SMILES string of the molecule is C=C(C)CSc1nn(C(=O)OCC)c(=NC(=O)N(C)C)s1. The zero-order valence-corrected chi connectivity index (χ0v) is 14.1. The standard InChI is InChI=1S/C12H18N4O3S2/c1-6-19-12(18)16-10(13-9(17)15(4)5)21-11(14-16)20-7-8(2)3/h2,6-7H2,1,3-5H3. The molecule has 0 saturated heterocycles. The highest BCUT2D eigenvalue weighted by Crippen LogP contribution is 2.19. The summed E-state index contributed by atoms with van der Waals surface area (Å²) in [5.74, 6) is 0.678. The van der Waals surface area contributed by atoms with E-state index in [4.69, 9.17) is 4.74 Å². The van der Waals surface area contributed by atoms with Crippen molar-refractivity contribution in [2.45, 2.75) is 18.2 Å². The van der Waals surface area contributed by atoms with Gasteiger partial charge in [-0.3, -0.25) is 0 Å². The molecule has 0 spiro atoms. The molecule has 1 heterocycles. The molecule has 7 nitrogen and oxygen atoms in total. The Hall–Kier alpha value is -1.61. The van der Waals surface area contributed by atoms with Crippen LogP contribution in [-0.2, 0) is 4.74 Å². The number of urea groups is 1. The fraction of sp³-hybridized carbons (Fsp3) is 0.500. The lowest BCUT2D eigenvalue weighted by atomic mass is 10.4. The molecule has 0 aliphatic rings. The van der Waals surface area contributed by atoms with Crippen molar-refractivity contribution in [3.63, 3.8) is 0 Å². The van der Waals surface area contributed by atoms with Gasteiger partial charge in [0.15, 0.2) is 4.34 Å². The van der Waals surface area contributed by atoms with Crippen LogP contribution < -0.4 is 4.80 Å². The predicted octanol–water partition coefficient (Wildman–Crippen LogP) is 2.20. The van der Waals surface area contributed by atoms with Gasteiger partial charge >= 0.3 is 12.1 Å². The highest BCUT2D eigenvalue weighted by atomic mass is 32.2. The van der Waals surface area contributed by atoms with E-state index >= 15 is 0 Å². The van der Waals surface area contributed by atoms with Gasteiger partial charge in [0, 0.05) is 19.8 Å². The highest BCUT2D eigenvalue weighted by molar-refractivity contribution is 8.01. The fourth-order valence-corrected chi connectivity index (χ4v) is 2.81. The molecule has 1 rings (SSSR count). The second-order valence-electron chi connectivity index (χ2n) is 4.30. The molecular formula is C12H18N4O3S2. The smallest absolute Gasteiger partial charge is 0.437 e. The number of hydrogen-bond acceptors (Lipinski definition) is 6. The van der Waals surface area contributed by atoms with Crippen molar-refractivity contribution in [2.24, 2.45) is 4.99 Å². The molecule has 0 aliphatic carbocycles. The Bertz CT molecular complexity index is 604. The van der Waals surface area contributed by atoms with Crippen LogP contribution in [0.25, 0.3) is 0 Å². The molecule has 0 aliphatic heterocycles. The van der Waals surface area contributed by atoms with E-state index in [2.05, 4.69) is 16.7 Å². The molecule has 0 atom stereocenters. The monoisotopic (exact) mass is 330 g/mol. The second-order valence-corrected chi connectivity index (χ2v) is 6.47. The van der Waals surface area contributed by atoms with Crippen LogP contribution in [0.2, 0.25) is 0 Å². The van der Waals surface area contributed by atoms with Crippen LogP contribution in [0.3, 0.4) is 0 Å². The fourth-order valence-electron chi connectivity index (χ4n) is 1.06. The molecule has 0 aromatic carbocycles. The zero-order chi connectivity index (χ0) is 16.0. The number of thioether (sulfide) groups is 1. The molecule has 1 aromatic heterocycles. The van der Waals surface area contributed by atoms with Gasteiger partial charge in [-0.05, 0) is 13.8 Å². The zero-order valence-electron chi connectivity index (χ0n) is 12.5. The second kappa shape index (κ2) is 7.99. The maximum Gasteiger partial charge on any atom is 0.437 e. The van der Waals surface area contributed by atoms with Gasteiger partial charge in [0.25, 0.3) is 0 Å². The third-order valence-corrected chi connectivity index (χ3v) is 4.27. The Morgan fingerprint density at radius 3 is 2.71 bits per heavy atom. The van der Waals surface area contributed by atoms with Gasteiger partial charge in [-0.15, -0.1) is 9.78 Å². The number of hydrogen-bond donors (Lipinski definition) is 0. The summed E-state index contributed by atoms with van der Waals surface area (Å²) in [7, 11) is 3.16. The Labute approximate surface area is 131 Å². The van der Waals surface area contributed by atoms with Gasteiger partial charge in [0.2, 0.25) is 4.80 Å². The third kappa shape index (κ3) is 5.35. The van der Waals surface area contributed by atoms with Crippen LogP contribution in [0.5, 0.6) is 0 Å². The number of ether oxygens (including phenoxy) is 1. The van der Waals surface area contributed by atoms with E-state index in [0.29, 0.717) is 10.1 Å². The third-order valence-electron chi connectivity index (χ3n) is 2.00. The van der Waals surface area contributed by atoms with E-state index in [1.807, 2.05) is 6.92 Å². The van der Waals surface area contributed by atoms with E-state index in [1.165, 1.54) is 16.7 Å². The Kier molecular flexibility index (Phi) is 6.63. The summed E-state index contributed by atoms with van der Waals surface area (Å²) in [5, 5.41) is 4.13. The summed E-state index contributed by atoms with van der Waals surface area (Å²) in [4.78, 5) is 28.9. The average Bonchev–Trinajstić information content (AvgIpc) is 2.79. The minimum absolute atomic E-state index is 0.191. The van der Waals surface area contributed by atoms with Crippen molar-refractivity contribution >= 4 is 35.2 Å². The first kappa shape index (κ1) is 17.4. The number of rotatable bonds is 4. The Morgan fingerprint density at radius 1 is 1.52 bits per heavy atom. The number of aromatic nitrogens is 2. The predicted molar refractivity (Wildman–Crippen MR) is 82.7 cm³/mol. The number of carbonyl (C=O) groups is 2. The average molecular weight is 330 g/mol. The molecule has 9 heteroatoms. The van der Waals surface area contributed by atoms with Gasteiger partial charge in [-0.25, -0.2) is 9.59 Å². The molecular weight excluding hydrogens is 312 g/mol. The van der Waals surface area contributed by atoms with Crippen LogP contribution in [0.1, 0.15) is 13.8 Å². The largest absolute Gasteiger partial charge is 0.448 e. The van der Waals surface area contributed by atoms with Crippen LogP contribution in [0.15, 0.2) is 21.5 Å². The van der Waals surface area contributed by atoms with Gasteiger partial charge in [0.05, 0.1) is 6.61 Å². The topological polar surface area (TPSA) is 76.8 Å². The first-order valence-electron chi connectivity index (χ1n) is 6.15. The number of carbonyl (C=O) groups excluding carboxylic acids is 2. The molecule has 116 valence electrons. The summed E-state index contributed by atoms with van der Waals surface area (Å²) in [6, 6.07) is -0.465. The van der Waals surface area contributed by atoms with Crippen molar-refractivity contribution in [1.29, 1.82) is 0 Å². The first-order chi connectivity index (χ1) is 9.85. The maximum atomic E-state index is 11.8. The van der Waals surface area contributed by atoms with Crippen LogP contribution in [-0.4, -0.2) is 53.3 Å². The molecule has 0 fully saturated rings. The summed E-state index contributed by atoms with van der Waals surface area (Å²) >= 11 is 2.59. The lowest BCUT2D eigenvalue weighted by Gasteiger charge is -2.04. The van der Waals surface area contributed by atoms with Crippen molar-refractivity contribution in [1.82, 2.24) is 14.7 Å². The Morgan fingerprint density at radius 2 is 2.19 bits per heavy atom. The maximum absolute atomic E-state index is 11.8. The highest BCUT2D eigenvalue weighted by Gasteiger charge is 2.15. The normalized spacial score (nSPS) is 11.3. The molecule has 0 N–H and O–H groups in total. The lowest BCUT2D eigenvalue weighted by Crippen LogP contribution is -2.29. The van der Waals surface area contributed by atoms with Crippen LogP contribution >= 0.6 is 23.1 Å². The molecule has 0 saturated carbocycles. The molecule has 21 heavy (non-hydrogen) atoms. The first-order valence-corrected chi connectivity index (χ1v) is 7.95. The van der Waals surface area contributed by atoms with Crippen LogP contribution in [0.4, 0.5) is 9.59 Å². The Balaban J connectivity index is 3.16. The molecule has 2 amide bonds.